The Morgan fingerprint density at radius 2 is 2.00 bits per heavy atom. The molecule has 1 unspecified atom stereocenters. The predicted molar refractivity (Wildman–Crippen MR) is 85.6 cm³/mol. The lowest BCUT2D eigenvalue weighted by atomic mass is 10.1. The summed E-state index contributed by atoms with van der Waals surface area (Å²) in [4.78, 5) is 21.6. The molecule has 3 heterocycles. The number of rotatable bonds is 2. The number of carbonyl (C=O) groups excluding carboxylic acids is 1. The molecule has 1 aromatic rings. The topological polar surface area (TPSA) is 88.5 Å². The Hall–Kier alpha value is -1.34. The van der Waals surface area contributed by atoms with Crippen molar-refractivity contribution in [3.05, 3.63) is 4.88 Å². The first-order valence-corrected chi connectivity index (χ1v) is 8.42. The number of amides is 1. The van der Waals surface area contributed by atoms with Crippen LogP contribution in [0.5, 0.6) is 0 Å². The molecule has 4 N–H and O–H groups in total. The van der Waals surface area contributed by atoms with Crippen LogP contribution < -0.4 is 16.4 Å². The molecule has 1 aromatic heterocycles. The van der Waals surface area contributed by atoms with Gasteiger partial charge in [0.25, 0.3) is 5.91 Å². The van der Waals surface area contributed by atoms with Crippen LogP contribution in [0.4, 0.5) is 10.9 Å². The minimum atomic E-state index is 0.0364. The van der Waals surface area contributed by atoms with E-state index in [9.17, 15) is 4.79 Å². The molecule has 21 heavy (non-hydrogen) atoms. The first-order chi connectivity index (χ1) is 10.0. The van der Waals surface area contributed by atoms with Crippen LogP contribution in [0.2, 0.25) is 0 Å². The summed E-state index contributed by atoms with van der Waals surface area (Å²) in [6.07, 6.45) is 3.00. The van der Waals surface area contributed by atoms with Crippen molar-refractivity contribution in [3.63, 3.8) is 0 Å². The van der Waals surface area contributed by atoms with Crippen LogP contribution in [0, 0.1) is 5.92 Å². The largest absolute Gasteiger partial charge is 0.382 e. The van der Waals surface area contributed by atoms with Crippen LogP contribution in [-0.2, 0) is 0 Å². The summed E-state index contributed by atoms with van der Waals surface area (Å²) in [6, 6.07) is 0.283. The van der Waals surface area contributed by atoms with Crippen LogP contribution in [0.1, 0.15) is 35.9 Å². The number of thiazole rings is 1. The molecule has 2 aliphatic heterocycles. The zero-order valence-electron chi connectivity index (χ0n) is 12.4. The molecule has 3 rings (SSSR count). The number of hydrogen-bond acceptors (Lipinski definition) is 6. The fourth-order valence-corrected chi connectivity index (χ4v) is 3.97. The highest BCUT2D eigenvalue weighted by Crippen LogP contribution is 2.32. The maximum absolute atomic E-state index is 12.5. The number of hydrogen-bond donors (Lipinski definition) is 2. The zero-order chi connectivity index (χ0) is 15.0. The summed E-state index contributed by atoms with van der Waals surface area (Å²) in [5.74, 6) is 0.981. The quantitative estimate of drug-likeness (QED) is 0.855. The van der Waals surface area contributed by atoms with E-state index in [1.165, 1.54) is 11.3 Å². The Labute approximate surface area is 129 Å². The summed E-state index contributed by atoms with van der Waals surface area (Å²) in [6.45, 7) is 5.60. The van der Waals surface area contributed by atoms with Crippen LogP contribution in [0.25, 0.3) is 0 Å². The monoisotopic (exact) mass is 309 g/mol. The van der Waals surface area contributed by atoms with Gasteiger partial charge in [0.15, 0.2) is 5.13 Å². The Bertz CT molecular complexity index is 523. The van der Waals surface area contributed by atoms with Gasteiger partial charge in [-0.1, -0.05) is 18.3 Å². The van der Waals surface area contributed by atoms with Crippen molar-refractivity contribution < 1.29 is 4.79 Å². The fourth-order valence-electron chi connectivity index (χ4n) is 2.96. The highest BCUT2D eigenvalue weighted by atomic mass is 32.1. The van der Waals surface area contributed by atoms with Crippen molar-refractivity contribution in [2.75, 3.05) is 36.8 Å². The molecule has 1 atom stereocenters. The molecule has 0 radical (unpaired) electrons. The van der Waals surface area contributed by atoms with Crippen molar-refractivity contribution >= 4 is 28.2 Å². The number of nitrogens with zero attached hydrogens (tertiary/aromatic N) is 3. The summed E-state index contributed by atoms with van der Waals surface area (Å²) in [7, 11) is 0. The highest BCUT2D eigenvalue weighted by Gasteiger charge is 2.29. The molecule has 0 bridgehead atoms. The zero-order valence-corrected chi connectivity index (χ0v) is 13.2. The number of piperidine rings is 1. The maximum Gasteiger partial charge on any atom is 0.267 e. The molecule has 2 aliphatic rings. The van der Waals surface area contributed by atoms with Crippen molar-refractivity contribution in [3.8, 4) is 0 Å². The first-order valence-electron chi connectivity index (χ1n) is 7.60. The maximum atomic E-state index is 12.5. The van der Waals surface area contributed by atoms with E-state index >= 15 is 0 Å². The lowest BCUT2D eigenvalue weighted by Crippen LogP contribution is -2.39. The van der Waals surface area contributed by atoms with Gasteiger partial charge >= 0.3 is 0 Å². The van der Waals surface area contributed by atoms with E-state index in [1.54, 1.807) is 0 Å². The summed E-state index contributed by atoms with van der Waals surface area (Å²) in [5.41, 5.74) is 11.9. The van der Waals surface area contributed by atoms with Crippen molar-refractivity contribution in [1.82, 2.24) is 9.88 Å². The third-order valence-electron chi connectivity index (χ3n) is 4.36. The van der Waals surface area contributed by atoms with Gasteiger partial charge in [-0.2, -0.15) is 0 Å². The van der Waals surface area contributed by atoms with Gasteiger partial charge in [0.05, 0.1) is 0 Å². The first kappa shape index (κ1) is 14.6. The van der Waals surface area contributed by atoms with E-state index < -0.39 is 0 Å². The van der Waals surface area contributed by atoms with Crippen molar-refractivity contribution in [2.45, 2.75) is 32.2 Å². The summed E-state index contributed by atoms with van der Waals surface area (Å²) < 4.78 is 0. The molecule has 0 aromatic carbocycles. The van der Waals surface area contributed by atoms with Crippen LogP contribution >= 0.6 is 11.3 Å². The third kappa shape index (κ3) is 2.98. The minimum Gasteiger partial charge on any atom is -0.382 e. The van der Waals surface area contributed by atoms with Gasteiger partial charge in [-0.15, -0.1) is 0 Å². The standard InChI is InChI=1S/C14H23N5OS/c1-9-2-5-19(8-9)13(20)11-12(16)17-14(21-11)18-6-3-10(15)4-7-18/h9-10H,2-8,15-16H2,1H3. The van der Waals surface area contributed by atoms with E-state index in [-0.39, 0.29) is 11.9 Å². The molecular weight excluding hydrogens is 286 g/mol. The molecule has 0 spiro atoms. The van der Waals surface area contributed by atoms with Gasteiger partial charge in [-0.25, -0.2) is 4.98 Å². The van der Waals surface area contributed by atoms with Gasteiger partial charge < -0.3 is 21.3 Å². The smallest absolute Gasteiger partial charge is 0.267 e. The number of aromatic nitrogens is 1. The van der Waals surface area contributed by atoms with Crippen LogP contribution in [-0.4, -0.2) is 48.0 Å². The molecule has 0 aliphatic carbocycles. The predicted octanol–water partition coefficient (Wildman–Crippen LogP) is 1.13. The summed E-state index contributed by atoms with van der Waals surface area (Å²) in [5, 5.41) is 0.856. The molecule has 2 fully saturated rings. The average molecular weight is 309 g/mol. The molecule has 1 amide bonds. The second-order valence-corrected chi connectivity index (χ2v) is 7.16. The minimum absolute atomic E-state index is 0.0364. The molecule has 0 saturated carbocycles. The molecule has 2 saturated heterocycles. The lowest BCUT2D eigenvalue weighted by Gasteiger charge is -2.29. The van der Waals surface area contributed by atoms with E-state index in [1.807, 2.05) is 4.90 Å². The second-order valence-electron chi connectivity index (χ2n) is 6.18. The fraction of sp³-hybridized carbons (Fsp3) is 0.714. The second kappa shape index (κ2) is 5.81. The SMILES string of the molecule is CC1CCN(C(=O)c2sc(N3CCC(N)CC3)nc2N)C1. The Morgan fingerprint density at radius 1 is 1.29 bits per heavy atom. The Kier molecular flexibility index (Phi) is 4.03. The Morgan fingerprint density at radius 3 is 2.62 bits per heavy atom. The summed E-state index contributed by atoms with van der Waals surface area (Å²) >= 11 is 1.42. The molecule has 116 valence electrons. The average Bonchev–Trinajstić information content (AvgIpc) is 3.05. The van der Waals surface area contributed by atoms with E-state index in [0.717, 1.165) is 50.6 Å². The number of anilines is 2. The van der Waals surface area contributed by atoms with Crippen LogP contribution in [0.15, 0.2) is 0 Å². The number of carbonyl (C=O) groups is 1. The molecular formula is C14H23N5OS. The van der Waals surface area contributed by atoms with E-state index in [2.05, 4.69) is 16.8 Å². The molecule has 6 nitrogen and oxygen atoms in total. The van der Waals surface area contributed by atoms with E-state index in [4.69, 9.17) is 11.5 Å². The highest BCUT2D eigenvalue weighted by molar-refractivity contribution is 7.18. The normalized spacial score (nSPS) is 23.8. The van der Waals surface area contributed by atoms with Gasteiger partial charge in [0, 0.05) is 32.2 Å². The third-order valence-corrected chi connectivity index (χ3v) is 5.48. The number of likely N-dealkylation sites (tertiary alicyclic amines) is 1. The lowest BCUT2D eigenvalue weighted by molar-refractivity contribution is 0.0793. The van der Waals surface area contributed by atoms with Crippen molar-refractivity contribution in [1.29, 1.82) is 0 Å². The number of nitrogens with two attached hydrogens (primary N) is 2. The Balaban J connectivity index is 1.73. The van der Waals surface area contributed by atoms with Gasteiger partial charge in [0.1, 0.15) is 10.7 Å². The van der Waals surface area contributed by atoms with Gasteiger partial charge in [-0.05, 0) is 25.2 Å². The number of nitrogen functional groups attached to an aromatic ring is 1. The van der Waals surface area contributed by atoms with Crippen molar-refractivity contribution in [2.24, 2.45) is 11.7 Å². The van der Waals surface area contributed by atoms with E-state index in [0.29, 0.717) is 16.6 Å². The molecule has 7 heteroatoms. The van der Waals surface area contributed by atoms with Crippen LogP contribution in [0.3, 0.4) is 0 Å². The van der Waals surface area contributed by atoms with Gasteiger partial charge in [0.2, 0.25) is 0 Å². The van der Waals surface area contributed by atoms with Gasteiger partial charge in [-0.3, -0.25) is 4.79 Å².